The molecule has 1 aromatic heterocycles. The van der Waals surface area contributed by atoms with Gasteiger partial charge in [0, 0.05) is 18.0 Å². The van der Waals surface area contributed by atoms with Crippen LogP contribution in [0.15, 0.2) is 17.5 Å². The van der Waals surface area contributed by atoms with Crippen molar-refractivity contribution in [3.63, 3.8) is 0 Å². The van der Waals surface area contributed by atoms with Crippen LogP contribution in [0, 0.1) is 5.92 Å². The highest BCUT2D eigenvalue weighted by Gasteiger charge is 2.59. The number of amides is 2. The summed E-state index contributed by atoms with van der Waals surface area (Å²) >= 11 is 1.64. The van der Waals surface area contributed by atoms with E-state index >= 15 is 0 Å². The maximum absolute atomic E-state index is 13.0. The molecule has 0 aromatic carbocycles. The van der Waals surface area contributed by atoms with E-state index in [4.69, 9.17) is 0 Å². The molecule has 5 nitrogen and oxygen atoms in total. The van der Waals surface area contributed by atoms with Crippen LogP contribution >= 0.6 is 11.3 Å². The van der Waals surface area contributed by atoms with Gasteiger partial charge in [0.25, 0.3) is 0 Å². The largest absolute Gasteiger partial charge is 0.278 e. The van der Waals surface area contributed by atoms with Crippen molar-refractivity contribution in [2.24, 2.45) is 5.92 Å². The van der Waals surface area contributed by atoms with Gasteiger partial charge in [0.15, 0.2) is 0 Å². The Morgan fingerprint density at radius 3 is 2.64 bits per heavy atom. The van der Waals surface area contributed by atoms with Gasteiger partial charge in [-0.15, -0.1) is 11.3 Å². The molecule has 3 heterocycles. The van der Waals surface area contributed by atoms with Crippen molar-refractivity contribution < 1.29 is 9.59 Å². The second kappa shape index (κ2) is 5.44. The maximum Gasteiger partial charge on any atom is 0.249 e. The summed E-state index contributed by atoms with van der Waals surface area (Å²) in [6.45, 7) is 0. The number of carbonyl (C=O) groups is 2. The van der Waals surface area contributed by atoms with Crippen LogP contribution in [-0.2, 0) is 9.59 Å². The number of fused-ring (bicyclic) bond motifs is 1. The molecule has 3 atom stereocenters. The molecule has 6 heteroatoms. The van der Waals surface area contributed by atoms with Gasteiger partial charge in [0.2, 0.25) is 11.8 Å². The van der Waals surface area contributed by atoms with Crippen molar-refractivity contribution in [1.82, 2.24) is 15.3 Å². The molecule has 118 valence electrons. The fraction of sp³-hybridized carbons (Fsp3) is 0.625. The molecule has 2 amide bonds. The lowest BCUT2D eigenvalue weighted by atomic mass is 9.93. The van der Waals surface area contributed by atoms with Gasteiger partial charge in [-0.2, -0.15) is 0 Å². The number of hydrogen-bond donors (Lipinski definition) is 1. The van der Waals surface area contributed by atoms with E-state index in [-0.39, 0.29) is 35.9 Å². The normalized spacial score (nSPS) is 33.7. The van der Waals surface area contributed by atoms with Crippen LogP contribution in [0.5, 0.6) is 0 Å². The molecule has 4 rings (SSSR count). The number of imide groups is 1. The van der Waals surface area contributed by atoms with Crippen molar-refractivity contribution in [3.8, 4) is 0 Å². The van der Waals surface area contributed by atoms with E-state index in [9.17, 15) is 9.59 Å². The number of rotatable bonds is 2. The predicted octanol–water partition coefficient (Wildman–Crippen LogP) is 1.93. The number of hydrazine groups is 1. The van der Waals surface area contributed by atoms with Crippen LogP contribution in [0.1, 0.15) is 43.0 Å². The molecule has 1 N–H and O–H groups in total. The summed E-state index contributed by atoms with van der Waals surface area (Å²) in [6, 6.07) is 3.74. The van der Waals surface area contributed by atoms with Gasteiger partial charge in [-0.25, -0.2) is 10.4 Å². The van der Waals surface area contributed by atoms with Gasteiger partial charge in [0.1, 0.15) is 6.04 Å². The summed E-state index contributed by atoms with van der Waals surface area (Å²) in [7, 11) is 1.88. The van der Waals surface area contributed by atoms with Crippen LogP contribution < -0.4 is 5.43 Å². The molecule has 1 aliphatic carbocycles. The number of thiophene rings is 1. The summed E-state index contributed by atoms with van der Waals surface area (Å²) in [4.78, 5) is 28.6. The van der Waals surface area contributed by atoms with Gasteiger partial charge in [-0.1, -0.05) is 25.3 Å². The molecule has 2 saturated heterocycles. The Morgan fingerprint density at radius 2 is 1.95 bits per heavy atom. The molecule has 0 spiro atoms. The smallest absolute Gasteiger partial charge is 0.249 e. The van der Waals surface area contributed by atoms with Gasteiger partial charge in [-0.05, 0) is 24.3 Å². The quantitative estimate of drug-likeness (QED) is 0.846. The minimum Gasteiger partial charge on any atom is -0.278 e. The highest BCUT2D eigenvalue weighted by molar-refractivity contribution is 7.10. The molecule has 0 unspecified atom stereocenters. The Morgan fingerprint density at radius 1 is 1.18 bits per heavy atom. The number of carbonyl (C=O) groups excluding carboxylic acids is 2. The Kier molecular flexibility index (Phi) is 3.55. The first-order valence-electron chi connectivity index (χ1n) is 8.08. The van der Waals surface area contributed by atoms with E-state index < -0.39 is 0 Å². The monoisotopic (exact) mass is 319 g/mol. The van der Waals surface area contributed by atoms with Crippen molar-refractivity contribution >= 4 is 23.2 Å². The third-order valence-electron chi connectivity index (χ3n) is 5.26. The highest BCUT2D eigenvalue weighted by atomic mass is 32.1. The van der Waals surface area contributed by atoms with Crippen LogP contribution in [0.2, 0.25) is 0 Å². The van der Waals surface area contributed by atoms with Gasteiger partial charge < -0.3 is 0 Å². The third-order valence-corrected chi connectivity index (χ3v) is 6.22. The molecule has 1 aromatic rings. The van der Waals surface area contributed by atoms with E-state index in [1.54, 1.807) is 16.2 Å². The first-order chi connectivity index (χ1) is 10.7. The number of nitrogens with zero attached hydrogens (tertiary/aromatic N) is 2. The van der Waals surface area contributed by atoms with Crippen molar-refractivity contribution in [2.45, 2.75) is 50.2 Å². The molecular formula is C16H21N3O2S. The fourth-order valence-corrected chi connectivity index (χ4v) is 5.04. The molecule has 1 saturated carbocycles. The maximum atomic E-state index is 13.0. The van der Waals surface area contributed by atoms with Crippen LogP contribution in [0.4, 0.5) is 0 Å². The average molecular weight is 319 g/mol. The van der Waals surface area contributed by atoms with Gasteiger partial charge in [0.05, 0.1) is 12.0 Å². The Labute approximate surface area is 134 Å². The SMILES string of the molecule is CN1N[C@@H](c2cccs2)[C@H]2C(=O)N(C3CCCCC3)C(=O)[C@@H]21. The van der Waals surface area contributed by atoms with Gasteiger partial charge >= 0.3 is 0 Å². The van der Waals surface area contributed by atoms with Crippen LogP contribution in [-0.4, -0.2) is 40.9 Å². The molecule has 3 aliphatic rings. The predicted molar refractivity (Wildman–Crippen MR) is 84.0 cm³/mol. The van der Waals surface area contributed by atoms with E-state index in [2.05, 4.69) is 5.43 Å². The summed E-state index contributed by atoms with van der Waals surface area (Å²) in [6.07, 6.45) is 5.41. The zero-order valence-corrected chi connectivity index (χ0v) is 13.5. The molecular weight excluding hydrogens is 298 g/mol. The lowest BCUT2D eigenvalue weighted by molar-refractivity contribution is -0.144. The second-order valence-electron chi connectivity index (χ2n) is 6.54. The molecule has 22 heavy (non-hydrogen) atoms. The second-order valence-corrected chi connectivity index (χ2v) is 7.52. The van der Waals surface area contributed by atoms with Crippen LogP contribution in [0.25, 0.3) is 0 Å². The molecule has 3 fully saturated rings. The fourth-order valence-electron chi connectivity index (χ4n) is 4.22. The Bertz CT molecular complexity index is 582. The Hall–Kier alpha value is -1.24. The van der Waals surface area contributed by atoms with Crippen molar-refractivity contribution in [1.29, 1.82) is 0 Å². The van der Waals surface area contributed by atoms with Crippen LogP contribution in [0.3, 0.4) is 0 Å². The van der Waals surface area contributed by atoms with Gasteiger partial charge in [-0.3, -0.25) is 14.5 Å². The topological polar surface area (TPSA) is 52.7 Å². The lowest BCUT2D eigenvalue weighted by Crippen LogP contribution is -2.47. The van der Waals surface area contributed by atoms with Crippen molar-refractivity contribution in [2.75, 3.05) is 7.05 Å². The zero-order valence-electron chi connectivity index (χ0n) is 12.7. The summed E-state index contributed by atoms with van der Waals surface area (Å²) in [5, 5.41) is 3.86. The standard InChI is InChI=1S/C16H21N3O2S/c1-18-14-12(13(17-18)11-8-5-9-22-11)15(20)19(16(14)21)10-6-3-2-4-7-10/h5,8-10,12-14,17H,2-4,6-7H2,1H3/t12-,13+,14-/m1/s1. The molecule has 0 radical (unpaired) electrons. The number of likely N-dealkylation sites (tertiary alicyclic amines) is 1. The number of likely N-dealkylation sites (N-methyl/N-ethyl adjacent to an activating group) is 1. The van der Waals surface area contributed by atoms with E-state index in [1.807, 2.05) is 29.6 Å². The first-order valence-corrected chi connectivity index (χ1v) is 8.96. The molecule has 2 aliphatic heterocycles. The summed E-state index contributed by atoms with van der Waals surface area (Å²) in [5.41, 5.74) is 3.32. The minimum atomic E-state index is -0.346. The Balaban J connectivity index is 1.65. The number of hydrogen-bond acceptors (Lipinski definition) is 5. The van der Waals surface area contributed by atoms with E-state index in [0.29, 0.717) is 0 Å². The molecule has 0 bridgehead atoms. The number of nitrogens with one attached hydrogen (secondary N) is 1. The average Bonchev–Trinajstić information content (AvgIpc) is 3.20. The zero-order chi connectivity index (χ0) is 15.3. The van der Waals surface area contributed by atoms with Crippen molar-refractivity contribution in [3.05, 3.63) is 22.4 Å². The highest BCUT2D eigenvalue weighted by Crippen LogP contribution is 2.42. The summed E-state index contributed by atoms with van der Waals surface area (Å²) in [5.74, 6) is -0.258. The first kappa shape index (κ1) is 14.4. The van der Waals surface area contributed by atoms with E-state index in [1.165, 1.54) is 6.42 Å². The minimum absolute atomic E-state index is 0.00374. The summed E-state index contributed by atoms with van der Waals surface area (Å²) < 4.78 is 0. The lowest BCUT2D eigenvalue weighted by Gasteiger charge is -2.31. The third kappa shape index (κ3) is 2.05. The van der Waals surface area contributed by atoms with E-state index in [0.717, 1.165) is 30.6 Å².